The summed E-state index contributed by atoms with van der Waals surface area (Å²) in [7, 11) is 0. The van der Waals surface area contributed by atoms with E-state index in [0.717, 1.165) is 11.1 Å². The number of benzene rings is 1. The van der Waals surface area contributed by atoms with Crippen molar-refractivity contribution in [2.75, 3.05) is 31.6 Å². The number of morpholine rings is 1. The van der Waals surface area contributed by atoms with Gasteiger partial charge in [-0.25, -0.2) is 4.79 Å². The molecule has 168 valence electrons. The van der Waals surface area contributed by atoms with Crippen LogP contribution in [0.2, 0.25) is 0 Å². The highest BCUT2D eigenvalue weighted by Crippen LogP contribution is 2.36. The van der Waals surface area contributed by atoms with Crippen LogP contribution in [0.5, 0.6) is 0 Å². The number of amides is 1. The number of carbonyl (C=O) groups excluding carboxylic acids is 2. The Bertz CT molecular complexity index is 897. The molecule has 7 heteroatoms. The second-order valence-corrected chi connectivity index (χ2v) is 9.23. The van der Waals surface area contributed by atoms with Crippen molar-refractivity contribution in [3.05, 3.63) is 40.8 Å². The zero-order chi connectivity index (χ0) is 22.5. The molecule has 1 aromatic heterocycles. The third-order valence-electron chi connectivity index (χ3n) is 5.27. The lowest BCUT2D eigenvalue weighted by molar-refractivity contribution is -0.121. The quantitative estimate of drug-likeness (QED) is 0.624. The average molecular weight is 445 g/mol. The maximum Gasteiger partial charge on any atom is 0.341 e. The number of ether oxygens (including phenoxy) is 2. The molecule has 1 saturated heterocycles. The summed E-state index contributed by atoms with van der Waals surface area (Å²) in [5, 5.41) is 5.38. The summed E-state index contributed by atoms with van der Waals surface area (Å²) < 4.78 is 11.0. The Kier molecular flexibility index (Phi) is 7.86. The Morgan fingerprint density at radius 3 is 2.42 bits per heavy atom. The maximum absolute atomic E-state index is 12.8. The van der Waals surface area contributed by atoms with Crippen molar-refractivity contribution in [2.24, 2.45) is 0 Å². The molecule has 2 atom stereocenters. The van der Waals surface area contributed by atoms with Crippen molar-refractivity contribution in [3.63, 3.8) is 0 Å². The number of rotatable bonds is 7. The van der Waals surface area contributed by atoms with Gasteiger partial charge in [0.1, 0.15) is 10.6 Å². The third-order valence-corrected chi connectivity index (χ3v) is 6.17. The van der Waals surface area contributed by atoms with Gasteiger partial charge < -0.3 is 14.8 Å². The van der Waals surface area contributed by atoms with E-state index in [1.54, 1.807) is 6.92 Å². The zero-order valence-electron chi connectivity index (χ0n) is 18.9. The van der Waals surface area contributed by atoms with E-state index in [-0.39, 0.29) is 31.3 Å². The minimum absolute atomic E-state index is 0.0915. The van der Waals surface area contributed by atoms with Gasteiger partial charge in [0.2, 0.25) is 5.91 Å². The second-order valence-electron chi connectivity index (χ2n) is 8.35. The first-order valence-electron chi connectivity index (χ1n) is 10.8. The lowest BCUT2D eigenvalue weighted by Gasteiger charge is -2.34. The maximum atomic E-state index is 12.8. The van der Waals surface area contributed by atoms with E-state index >= 15 is 0 Å². The van der Waals surface area contributed by atoms with E-state index in [9.17, 15) is 9.59 Å². The van der Waals surface area contributed by atoms with Gasteiger partial charge >= 0.3 is 5.97 Å². The van der Waals surface area contributed by atoms with Gasteiger partial charge in [0.25, 0.3) is 0 Å². The Morgan fingerprint density at radius 1 is 1.19 bits per heavy atom. The minimum atomic E-state index is -0.421. The summed E-state index contributed by atoms with van der Waals surface area (Å²) in [6, 6.07) is 8.18. The monoisotopic (exact) mass is 444 g/mol. The fourth-order valence-corrected chi connectivity index (χ4v) is 4.87. The number of thiophene rings is 1. The van der Waals surface area contributed by atoms with Crippen LogP contribution in [0.15, 0.2) is 29.6 Å². The Hall–Kier alpha value is -2.22. The van der Waals surface area contributed by atoms with E-state index in [2.05, 4.69) is 36.2 Å². The van der Waals surface area contributed by atoms with Gasteiger partial charge in [-0.05, 0) is 37.8 Å². The summed E-state index contributed by atoms with van der Waals surface area (Å²) >= 11 is 1.35. The molecule has 2 aromatic rings. The molecule has 3 rings (SSSR count). The molecule has 1 fully saturated rings. The molecule has 2 heterocycles. The van der Waals surface area contributed by atoms with Crippen LogP contribution in [0.4, 0.5) is 5.00 Å². The molecule has 0 radical (unpaired) electrons. The Labute approximate surface area is 188 Å². The Morgan fingerprint density at radius 2 is 1.84 bits per heavy atom. The van der Waals surface area contributed by atoms with Crippen molar-refractivity contribution in [3.8, 4) is 11.1 Å². The summed E-state index contributed by atoms with van der Waals surface area (Å²) in [4.78, 5) is 27.6. The van der Waals surface area contributed by atoms with Crippen LogP contribution in [0.3, 0.4) is 0 Å². The standard InChI is InChI=1S/C24H32N2O4S/c1-6-29-24(28)22-20(19-9-7-18(8-10-19)15(2)3)14-31-23(22)25-21(27)13-26-11-16(4)30-17(5)12-26/h7-10,14-17H,6,11-13H2,1-5H3,(H,25,27)/t16-,17+. The Balaban J connectivity index is 1.81. The van der Waals surface area contributed by atoms with Crippen molar-refractivity contribution in [1.82, 2.24) is 4.90 Å². The molecule has 1 aliphatic rings. The van der Waals surface area contributed by atoms with E-state index < -0.39 is 5.97 Å². The van der Waals surface area contributed by atoms with Gasteiger partial charge in [-0.15, -0.1) is 11.3 Å². The zero-order valence-corrected chi connectivity index (χ0v) is 19.8. The van der Waals surface area contributed by atoms with Gasteiger partial charge in [-0.2, -0.15) is 0 Å². The molecule has 1 aromatic carbocycles. The highest BCUT2D eigenvalue weighted by molar-refractivity contribution is 7.15. The molecule has 31 heavy (non-hydrogen) atoms. The molecule has 1 amide bonds. The van der Waals surface area contributed by atoms with Gasteiger partial charge in [-0.3, -0.25) is 9.69 Å². The topological polar surface area (TPSA) is 67.9 Å². The minimum Gasteiger partial charge on any atom is -0.462 e. The fraction of sp³-hybridized carbons (Fsp3) is 0.500. The molecule has 6 nitrogen and oxygen atoms in total. The number of nitrogens with zero attached hydrogens (tertiary/aromatic N) is 1. The third kappa shape index (κ3) is 5.93. The first-order chi connectivity index (χ1) is 14.8. The molecule has 0 saturated carbocycles. The van der Waals surface area contributed by atoms with Crippen LogP contribution in [0.1, 0.15) is 56.5 Å². The van der Waals surface area contributed by atoms with E-state index in [1.807, 2.05) is 31.4 Å². The number of hydrogen-bond donors (Lipinski definition) is 1. The lowest BCUT2D eigenvalue weighted by atomic mass is 9.98. The van der Waals surface area contributed by atoms with Crippen LogP contribution in [-0.2, 0) is 14.3 Å². The lowest BCUT2D eigenvalue weighted by Crippen LogP contribution is -2.48. The van der Waals surface area contributed by atoms with Crippen LogP contribution in [0, 0.1) is 0 Å². The summed E-state index contributed by atoms with van der Waals surface area (Å²) in [5.41, 5.74) is 3.36. The first-order valence-corrected chi connectivity index (χ1v) is 11.7. The van der Waals surface area contributed by atoms with Gasteiger partial charge in [0.15, 0.2) is 0 Å². The summed E-state index contributed by atoms with van der Waals surface area (Å²) in [6.07, 6.45) is 0.183. The molecule has 0 unspecified atom stereocenters. The fourth-order valence-electron chi connectivity index (χ4n) is 3.90. The normalized spacial score (nSPS) is 19.4. The SMILES string of the molecule is CCOC(=O)c1c(-c2ccc(C(C)C)cc2)csc1NC(=O)CN1C[C@@H](C)O[C@@H](C)C1. The molecular weight excluding hydrogens is 412 g/mol. The van der Waals surface area contributed by atoms with Gasteiger partial charge in [-0.1, -0.05) is 38.1 Å². The van der Waals surface area contributed by atoms with Crippen LogP contribution >= 0.6 is 11.3 Å². The highest BCUT2D eigenvalue weighted by atomic mass is 32.1. The number of esters is 1. The van der Waals surface area contributed by atoms with Crippen LogP contribution in [0.25, 0.3) is 11.1 Å². The predicted molar refractivity (Wildman–Crippen MR) is 125 cm³/mol. The van der Waals surface area contributed by atoms with Crippen LogP contribution < -0.4 is 5.32 Å². The van der Waals surface area contributed by atoms with Crippen molar-refractivity contribution < 1.29 is 19.1 Å². The van der Waals surface area contributed by atoms with E-state index in [0.29, 0.717) is 29.6 Å². The molecule has 0 bridgehead atoms. The molecular formula is C24H32N2O4S. The van der Waals surface area contributed by atoms with E-state index in [4.69, 9.17) is 9.47 Å². The first kappa shape index (κ1) is 23.4. The number of hydrogen-bond acceptors (Lipinski definition) is 6. The predicted octanol–water partition coefficient (Wildman–Crippen LogP) is 4.76. The number of anilines is 1. The second kappa shape index (κ2) is 10.4. The molecule has 0 spiro atoms. The highest BCUT2D eigenvalue weighted by Gasteiger charge is 2.26. The summed E-state index contributed by atoms with van der Waals surface area (Å²) in [6.45, 7) is 12.0. The van der Waals surface area contributed by atoms with Gasteiger partial charge in [0, 0.05) is 24.0 Å². The molecule has 1 aliphatic heterocycles. The summed E-state index contributed by atoms with van der Waals surface area (Å²) in [5.74, 6) is -0.132. The number of nitrogens with one attached hydrogen (secondary N) is 1. The van der Waals surface area contributed by atoms with E-state index in [1.165, 1.54) is 16.9 Å². The molecule has 1 N–H and O–H groups in total. The largest absolute Gasteiger partial charge is 0.462 e. The van der Waals surface area contributed by atoms with Crippen molar-refractivity contribution >= 4 is 28.2 Å². The molecule has 0 aliphatic carbocycles. The average Bonchev–Trinajstić information content (AvgIpc) is 3.10. The van der Waals surface area contributed by atoms with Gasteiger partial charge in [0.05, 0.1) is 25.4 Å². The number of carbonyl (C=O) groups is 2. The smallest absolute Gasteiger partial charge is 0.341 e. The van der Waals surface area contributed by atoms with Crippen molar-refractivity contribution in [2.45, 2.75) is 52.7 Å². The van der Waals surface area contributed by atoms with Crippen molar-refractivity contribution in [1.29, 1.82) is 0 Å². The van der Waals surface area contributed by atoms with Crippen LogP contribution in [-0.4, -0.2) is 55.2 Å².